The molecule has 0 bridgehead atoms. The minimum Gasteiger partial charge on any atom is -0.507 e. The summed E-state index contributed by atoms with van der Waals surface area (Å²) in [5, 5.41) is 12.4. The van der Waals surface area contributed by atoms with Crippen molar-refractivity contribution in [3.8, 4) is 67.5 Å². The number of aromatic hydroxyl groups is 1. The number of imidazole rings is 1. The van der Waals surface area contributed by atoms with Crippen molar-refractivity contribution in [2.24, 2.45) is 0 Å². The van der Waals surface area contributed by atoms with E-state index in [-0.39, 0.29) is 72.9 Å². The molecule has 300 valence electrons. The monoisotopic (exact) mass is 963 g/mol. The fourth-order valence-corrected chi connectivity index (χ4v) is 7.23. The molecule has 0 spiro atoms. The number of phenolic OH excluding ortho intramolecular Hbond substituents is 1. The van der Waals surface area contributed by atoms with Gasteiger partial charge in [0.05, 0.1) is 36.0 Å². The van der Waals surface area contributed by atoms with Crippen LogP contribution in [0.4, 0.5) is 0 Å². The number of benzene rings is 6. The first-order valence-electron chi connectivity index (χ1n) is 24.4. The molecule has 0 aliphatic rings. The molecule has 0 aliphatic carbocycles. The molecule has 4 nitrogen and oxygen atoms in total. The second-order valence-electron chi connectivity index (χ2n) is 17.8. The van der Waals surface area contributed by atoms with E-state index in [1.54, 1.807) is 30.5 Å². The van der Waals surface area contributed by atoms with Gasteiger partial charge in [0, 0.05) is 44.1 Å². The van der Waals surface area contributed by atoms with Crippen LogP contribution in [0.5, 0.6) is 5.75 Å². The molecule has 8 aromatic rings. The third kappa shape index (κ3) is 8.21. The summed E-state index contributed by atoms with van der Waals surface area (Å²) in [5.74, 6) is 0.402. The van der Waals surface area contributed by atoms with E-state index in [9.17, 15) is 5.11 Å². The summed E-state index contributed by atoms with van der Waals surface area (Å²) in [6.07, 6.45) is 1.55. The Kier molecular flexibility index (Phi) is 8.20. The first-order valence-corrected chi connectivity index (χ1v) is 19.4. The third-order valence-corrected chi connectivity index (χ3v) is 10.5. The van der Waals surface area contributed by atoms with E-state index < -0.39 is 41.7 Å². The molecule has 0 radical (unpaired) electrons. The van der Waals surface area contributed by atoms with Crippen LogP contribution in [-0.2, 0) is 37.3 Å². The number of fused-ring (bicyclic) bond motifs is 1. The predicted molar refractivity (Wildman–Crippen MR) is 243 cm³/mol. The van der Waals surface area contributed by atoms with Crippen LogP contribution in [0.25, 0.3) is 72.7 Å². The van der Waals surface area contributed by atoms with Crippen molar-refractivity contribution in [3.63, 3.8) is 0 Å². The molecule has 8 rings (SSSR count). The fourth-order valence-electron chi connectivity index (χ4n) is 7.23. The Hall–Kier alpha value is -5.57. The van der Waals surface area contributed by atoms with Gasteiger partial charge in [-0.05, 0) is 62.8 Å². The first-order chi connectivity index (χ1) is 31.7. The van der Waals surface area contributed by atoms with Crippen molar-refractivity contribution < 1.29 is 39.9 Å². The number of hydrogen-bond donors (Lipinski definition) is 1. The normalized spacial score (nSPS) is 14.5. The molecule has 2 heterocycles. The summed E-state index contributed by atoms with van der Waals surface area (Å²) in [7, 11) is 0. The number of pyridine rings is 1. The van der Waals surface area contributed by atoms with Gasteiger partial charge in [-0.1, -0.05) is 176 Å². The maximum atomic E-state index is 12.4. The van der Waals surface area contributed by atoms with Gasteiger partial charge in [0.2, 0.25) is 0 Å². The summed E-state index contributed by atoms with van der Waals surface area (Å²) in [4.78, 5) is 10.1. The summed E-state index contributed by atoms with van der Waals surface area (Å²) in [6.45, 7) is 18.7. The largest absolute Gasteiger partial charge is 0.507 e. The van der Waals surface area contributed by atoms with Gasteiger partial charge in [0.15, 0.2) is 0 Å². The molecule has 6 aromatic carbocycles. The SMILES string of the molecule is [2H]c1c([2H])c([2H])c(-c2ccnc(-c3[c-]c(-c4cccc5c4nc(-c4cc(C(C)(C)C)cc(C(C)(C)C)c4O)n5-c4ccccc4-c4c([2H])c([2H])c([2H])c([2H])c4[2H])cc(C(C)(C)C)c3)c2)c([2H])c1[2H].[Pt]. The smallest absolute Gasteiger partial charge is 0.148 e. The van der Waals surface area contributed by atoms with Gasteiger partial charge in [-0.15, -0.1) is 29.3 Å². The van der Waals surface area contributed by atoms with Gasteiger partial charge in [-0.2, -0.15) is 0 Å². The molecule has 2 aromatic heterocycles. The van der Waals surface area contributed by atoms with Crippen LogP contribution in [0, 0.1) is 6.07 Å². The van der Waals surface area contributed by atoms with Crippen molar-refractivity contribution in [2.45, 2.75) is 78.6 Å². The molecular formula is C54H52N3OPt-. The number of phenols is 1. The molecule has 0 unspecified atom stereocenters. The van der Waals surface area contributed by atoms with Gasteiger partial charge < -0.3 is 5.11 Å². The van der Waals surface area contributed by atoms with Gasteiger partial charge in [-0.25, -0.2) is 4.98 Å². The average molecular weight is 964 g/mol. The molecule has 0 amide bonds. The number of nitrogens with zero attached hydrogens (tertiary/aromatic N) is 3. The zero-order chi connectivity index (χ0) is 49.7. The molecule has 0 atom stereocenters. The average Bonchev–Trinajstić information content (AvgIpc) is 3.67. The topological polar surface area (TPSA) is 50.9 Å². The van der Waals surface area contributed by atoms with Crippen LogP contribution in [0.15, 0.2) is 145 Å². The van der Waals surface area contributed by atoms with E-state index in [0.717, 1.165) is 11.1 Å². The van der Waals surface area contributed by atoms with E-state index in [4.69, 9.17) is 23.7 Å². The van der Waals surface area contributed by atoms with E-state index >= 15 is 0 Å². The molecule has 1 N–H and O–H groups in total. The molecule has 0 saturated heterocycles. The molecule has 0 saturated carbocycles. The Morgan fingerprint density at radius 2 is 1.20 bits per heavy atom. The van der Waals surface area contributed by atoms with Crippen LogP contribution in [0.3, 0.4) is 0 Å². The maximum absolute atomic E-state index is 12.4. The van der Waals surface area contributed by atoms with E-state index in [1.165, 1.54) is 0 Å². The fraction of sp³-hybridized carbons (Fsp3) is 0.222. The van der Waals surface area contributed by atoms with E-state index in [1.807, 2.05) is 79.9 Å². The van der Waals surface area contributed by atoms with Gasteiger partial charge in [-0.3, -0.25) is 9.55 Å². The van der Waals surface area contributed by atoms with Crippen LogP contribution in [0.1, 0.15) is 92.7 Å². The number of hydrogen-bond acceptors (Lipinski definition) is 3. The second-order valence-corrected chi connectivity index (χ2v) is 17.8. The van der Waals surface area contributed by atoms with Crippen molar-refractivity contribution in [1.82, 2.24) is 14.5 Å². The summed E-state index contributed by atoms with van der Waals surface area (Å²) >= 11 is 0. The summed E-state index contributed by atoms with van der Waals surface area (Å²) in [6, 6.07) is 23.7. The number of rotatable bonds is 6. The summed E-state index contributed by atoms with van der Waals surface area (Å²) in [5.41, 5.74) is 6.70. The first kappa shape index (κ1) is 30.5. The number of para-hydroxylation sites is 2. The zero-order valence-corrected chi connectivity index (χ0v) is 37.0. The molecule has 0 fully saturated rings. The molecule has 59 heavy (non-hydrogen) atoms. The zero-order valence-electron chi connectivity index (χ0n) is 44.7. The summed E-state index contributed by atoms with van der Waals surface area (Å²) < 4.78 is 87.6. The van der Waals surface area contributed by atoms with Crippen LogP contribution >= 0.6 is 0 Å². The van der Waals surface area contributed by atoms with Crippen LogP contribution in [0.2, 0.25) is 0 Å². The maximum Gasteiger partial charge on any atom is 0.148 e. The minimum absolute atomic E-state index is 0. The van der Waals surface area contributed by atoms with E-state index in [2.05, 4.69) is 47.6 Å². The quantitative estimate of drug-likeness (QED) is 0.169. The van der Waals surface area contributed by atoms with E-state index in [0.29, 0.717) is 67.2 Å². The Bertz CT molecular complexity index is 3320. The van der Waals surface area contributed by atoms with Gasteiger partial charge >= 0.3 is 0 Å². The Morgan fingerprint density at radius 3 is 1.86 bits per heavy atom. The Labute approximate surface area is 378 Å². The van der Waals surface area contributed by atoms with Gasteiger partial charge in [0.1, 0.15) is 11.6 Å². The minimum atomic E-state index is -0.498. The van der Waals surface area contributed by atoms with Crippen LogP contribution in [-0.4, -0.2) is 19.6 Å². The van der Waals surface area contributed by atoms with Crippen molar-refractivity contribution in [1.29, 1.82) is 0 Å². The standard InChI is InChI=1S/C54H52N3O.Pt/c1-52(2,3)40-30-38(29-39(31-40)46-32-37(27-28-55-46)35-19-12-10-13-20-35)43-24-18-26-48-49(43)56-51(44-33-41(53(4,5)6)34-45(50(44)58)54(7,8)9)57(48)47-25-17-16-23-42(47)36-21-14-11-15-22-36;/h10-28,30-34,58H,1-9H3;/q-1;/i10D,11D,12D,13D,14D,15D,19D,20D,21D,22D;. The van der Waals surface area contributed by atoms with Crippen molar-refractivity contribution >= 4 is 11.0 Å². The third-order valence-electron chi connectivity index (χ3n) is 10.5. The predicted octanol–water partition coefficient (Wildman–Crippen LogP) is 14.2. The van der Waals surface area contributed by atoms with Crippen LogP contribution < -0.4 is 0 Å². The molecular weight excluding hydrogens is 902 g/mol. The molecule has 0 aliphatic heterocycles. The van der Waals surface area contributed by atoms with Crippen molar-refractivity contribution in [2.75, 3.05) is 0 Å². The van der Waals surface area contributed by atoms with Gasteiger partial charge in [0.25, 0.3) is 0 Å². The second kappa shape index (κ2) is 15.9. The van der Waals surface area contributed by atoms with Crippen molar-refractivity contribution in [3.05, 3.63) is 168 Å². The Morgan fingerprint density at radius 1 is 0.593 bits per heavy atom. The number of aromatic nitrogens is 3. The molecule has 5 heteroatoms. The Balaban J connectivity index is 0.00000703.